The van der Waals surface area contributed by atoms with E-state index in [2.05, 4.69) is 0 Å². The Labute approximate surface area is 186 Å². The lowest BCUT2D eigenvalue weighted by Crippen LogP contribution is -2.49. The molecule has 32 heavy (non-hydrogen) atoms. The molecular formula is C26H25F2NO3. The van der Waals surface area contributed by atoms with E-state index >= 15 is 0 Å². The van der Waals surface area contributed by atoms with Crippen molar-refractivity contribution in [2.24, 2.45) is 0 Å². The molecule has 1 aliphatic rings. The van der Waals surface area contributed by atoms with Gasteiger partial charge in [0.25, 0.3) is 0 Å². The number of hydrogen-bond donors (Lipinski definition) is 1. The Bertz CT molecular complexity index is 1090. The molecule has 1 fully saturated rings. The largest absolute Gasteiger partial charge is 0.438 e. The van der Waals surface area contributed by atoms with E-state index in [-0.39, 0.29) is 12.6 Å². The van der Waals surface area contributed by atoms with Gasteiger partial charge >= 0.3 is 6.09 Å². The molecule has 1 N–H and O–H groups in total. The lowest BCUT2D eigenvalue weighted by molar-refractivity contribution is -0.0718. The van der Waals surface area contributed by atoms with E-state index in [1.54, 1.807) is 17.0 Å². The van der Waals surface area contributed by atoms with Crippen molar-refractivity contribution in [3.05, 3.63) is 95.6 Å². The lowest BCUT2D eigenvalue weighted by atomic mass is 9.85. The van der Waals surface area contributed by atoms with Crippen molar-refractivity contribution in [3.8, 4) is 11.1 Å². The molecule has 1 saturated heterocycles. The zero-order valence-electron chi connectivity index (χ0n) is 17.8. The van der Waals surface area contributed by atoms with Crippen LogP contribution in [0.5, 0.6) is 0 Å². The summed E-state index contributed by atoms with van der Waals surface area (Å²) in [6.45, 7) is 2.30. The molecule has 0 aliphatic carbocycles. The van der Waals surface area contributed by atoms with Gasteiger partial charge in [0.1, 0.15) is 17.2 Å². The summed E-state index contributed by atoms with van der Waals surface area (Å²) in [6, 6.07) is 20.0. The Morgan fingerprint density at radius 1 is 1.06 bits per heavy atom. The van der Waals surface area contributed by atoms with Crippen molar-refractivity contribution in [1.82, 2.24) is 4.90 Å². The standard InChI is InChI=1S/C26H25F2NO3/c1-18(19-7-9-20(10-8-19)23-12-11-22(27)17-24(23)28)29-15-13-26(14-16-30,32-25(29)31)21-5-3-2-4-6-21/h2-12,17-18,30H,13-16H2,1H3/t18-,26-/m0/s1. The number of amides is 1. The van der Waals surface area contributed by atoms with Gasteiger partial charge in [-0.25, -0.2) is 13.6 Å². The molecule has 6 heteroatoms. The third kappa shape index (κ3) is 4.23. The van der Waals surface area contributed by atoms with Gasteiger partial charge in [0.2, 0.25) is 0 Å². The molecule has 0 spiro atoms. The summed E-state index contributed by atoms with van der Waals surface area (Å²) in [5.74, 6) is -1.24. The number of aliphatic hydroxyl groups is 1. The zero-order chi connectivity index (χ0) is 22.7. The van der Waals surface area contributed by atoms with E-state index in [1.165, 1.54) is 12.1 Å². The second kappa shape index (κ2) is 9.09. The fraction of sp³-hybridized carbons (Fsp3) is 0.269. The van der Waals surface area contributed by atoms with Crippen LogP contribution in [-0.4, -0.2) is 29.3 Å². The molecule has 4 nitrogen and oxygen atoms in total. The molecule has 0 bridgehead atoms. The molecular weight excluding hydrogens is 412 g/mol. The number of carbonyl (C=O) groups excluding carboxylic acids is 1. The van der Waals surface area contributed by atoms with E-state index < -0.39 is 23.3 Å². The maximum Gasteiger partial charge on any atom is 0.411 e. The van der Waals surface area contributed by atoms with E-state index in [1.807, 2.05) is 49.4 Å². The van der Waals surface area contributed by atoms with Crippen LogP contribution in [0.2, 0.25) is 0 Å². The number of halogens is 2. The molecule has 0 saturated carbocycles. The first-order valence-corrected chi connectivity index (χ1v) is 10.6. The highest BCUT2D eigenvalue weighted by atomic mass is 19.1. The highest BCUT2D eigenvalue weighted by molar-refractivity contribution is 5.70. The van der Waals surface area contributed by atoms with Crippen LogP contribution >= 0.6 is 0 Å². The van der Waals surface area contributed by atoms with Gasteiger partial charge in [0.15, 0.2) is 0 Å². The van der Waals surface area contributed by atoms with Gasteiger partial charge in [-0.1, -0.05) is 54.6 Å². The van der Waals surface area contributed by atoms with Crippen molar-refractivity contribution in [3.63, 3.8) is 0 Å². The summed E-state index contributed by atoms with van der Waals surface area (Å²) in [5, 5.41) is 9.59. The minimum Gasteiger partial charge on any atom is -0.438 e. The summed E-state index contributed by atoms with van der Waals surface area (Å²) in [7, 11) is 0. The molecule has 3 aromatic carbocycles. The predicted molar refractivity (Wildman–Crippen MR) is 118 cm³/mol. The normalized spacial score (nSPS) is 19.5. The highest BCUT2D eigenvalue weighted by Crippen LogP contribution is 2.39. The quantitative estimate of drug-likeness (QED) is 0.529. The maximum atomic E-state index is 14.1. The fourth-order valence-electron chi connectivity index (χ4n) is 4.31. The molecule has 0 aromatic heterocycles. The van der Waals surface area contributed by atoms with Gasteiger partial charge in [0, 0.05) is 37.6 Å². The highest BCUT2D eigenvalue weighted by Gasteiger charge is 2.43. The van der Waals surface area contributed by atoms with Gasteiger partial charge in [-0.05, 0) is 35.7 Å². The van der Waals surface area contributed by atoms with Crippen LogP contribution < -0.4 is 0 Å². The maximum absolute atomic E-state index is 14.1. The van der Waals surface area contributed by atoms with E-state index in [0.29, 0.717) is 30.5 Å². The SMILES string of the molecule is C[C@@H](c1ccc(-c2ccc(F)cc2F)cc1)N1CC[C@](CCO)(c2ccccc2)OC1=O. The van der Waals surface area contributed by atoms with E-state index in [9.17, 15) is 18.7 Å². The Morgan fingerprint density at radius 2 is 1.78 bits per heavy atom. The molecule has 2 atom stereocenters. The van der Waals surface area contributed by atoms with Gasteiger partial charge in [0.05, 0.1) is 6.04 Å². The number of nitrogens with zero attached hydrogens (tertiary/aromatic N) is 1. The molecule has 0 radical (unpaired) electrons. The van der Waals surface area contributed by atoms with Crippen molar-refractivity contribution in [2.75, 3.05) is 13.2 Å². The first kappa shape index (κ1) is 22.0. The monoisotopic (exact) mass is 437 g/mol. The van der Waals surface area contributed by atoms with Crippen LogP contribution in [0.15, 0.2) is 72.8 Å². The number of benzene rings is 3. The molecule has 1 aliphatic heterocycles. The first-order valence-electron chi connectivity index (χ1n) is 10.6. The molecule has 1 heterocycles. The molecule has 3 aromatic rings. The second-order valence-corrected chi connectivity index (χ2v) is 8.07. The Balaban J connectivity index is 1.52. The number of hydrogen-bond acceptors (Lipinski definition) is 3. The van der Waals surface area contributed by atoms with Gasteiger partial charge in [-0.3, -0.25) is 0 Å². The topological polar surface area (TPSA) is 49.8 Å². The summed E-state index contributed by atoms with van der Waals surface area (Å²) in [6.07, 6.45) is 0.463. The predicted octanol–water partition coefficient (Wildman–Crippen LogP) is 5.81. The average Bonchev–Trinajstić information content (AvgIpc) is 2.80. The van der Waals surface area contributed by atoms with Crippen molar-refractivity contribution in [2.45, 2.75) is 31.4 Å². The van der Waals surface area contributed by atoms with Crippen LogP contribution in [0.1, 0.15) is 36.9 Å². The van der Waals surface area contributed by atoms with E-state index in [0.717, 1.165) is 17.2 Å². The Hall–Kier alpha value is -3.25. The molecule has 1 amide bonds. The molecule has 166 valence electrons. The van der Waals surface area contributed by atoms with Gasteiger partial charge < -0.3 is 14.7 Å². The van der Waals surface area contributed by atoms with Crippen molar-refractivity contribution < 1.29 is 23.4 Å². The van der Waals surface area contributed by atoms with Gasteiger partial charge in [-0.15, -0.1) is 0 Å². The van der Waals surface area contributed by atoms with Crippen molar-refractivity contribution >= 4 is 6.09 Å². The minimum atomic E-state index is -0.840. The number of carbonyl (C=O) groups is 1. The number of cyclic esters (lactones) is 1. The third-order valence-electron chi connectivity index (χ3n) is 6.19. The summed E-state index contributed by atoms with van der Waals surface area (Å²) in [5.41, 5.74) is 1.86. The summed E-state index contributed by atoms with van der Waals surface area (Å²) in [4.78, 5) is 14.6. The third-order valence-corrected chi connectivity index (χ3v) is 6.19. The molecule has 0 unspecified atom stereocenters. The average molecular weight is 437 g/mol. The Morgan fingerprint density at radius 3 is 2.41 bits per heavy atom. The van der Waals surface area contributed by atoms with Crippen LogP contribution in [0.25, 0.3) is 11.1 Å². The smallest absolute Gasteiger partial charge is 0.411 e. The van der Waals surface area contributed by atoms with Crippen LogP contribution in [-0.2, 0) is 10.3 Å². The Kier molecular flexibility index (Phi) is 6.24. The van der Waals surface area contributed by atoms with Crippen LogP contribution in [0.3, 0.4) is 0 Å². The fourth-order valence-corrected chi connectivity index (χ4v) is 4.31. The first-order chi connectivity index (χ1) is 15.4. The molecule has 4 rings (SSSR count). The zero-order valence-corrected chi connectivity index (χ0v) is 17.8. The number of rotatable bonds is 6. The van der Waals surface area contributed by atoms with Gasteiger partial charge in [-0.2, -0.15) is 0 Å². The van der Waals surface area contributed by atoms with Crippen LogP contribution in [0, 0.1) is 11.6 Å². The summed E-state index contributed by atoms with van der Waals surface area (Å²) >= 11 is 0. The number of ether oxygens (including phenoxy) is 1. The van der Waals surface area contributed by atoms with Crippen molar-refractivity contribution in [1.29, 1.82) is 0 Å². The summed E-state index contributed by atoms with van der Waals surface area (Å²) < 4.78 is 33.2. The second-order valence-electron chi connectivity index (χ2n) is 8.07. The lowest BCUT2D eigenvalue weighted by Gasteiger charge is -2.43. The van der Waals surface area contributed by atoms with Crippen LogP contribution in [0.4, 0.5) is 13.6 Å². The van der Waals surface area contributed by atoms with E-state index in [4.69, 9.17) is 4.74 Å². The minimum absolute atomic E-state index is 0.0842. The number of aliphatic hydroxyl groups excluding tert-OH is 1.